The van der Waals surface area contributed by atoms with Crippen LogP contribution in [-0.2, 0) is 18.4 Å². The van der Waals surface area contributed by atoms with Gasteiger partial charge in [-0.1, -0.05) is 51.1 Å². The summed E-state index contributed by atoms with van der Waals surface area (Å²) in [6, 6.07) is 10.5. The summed E-state index contributed by atoms with van der Waals surface area (Å²) in [5.74, 6) is 0. The van der Waals surface area contributed by atoms with Crippen molar-refractivity contribution in [2.75, 3.05) is 6.54 Å². The lowest BCUT2D eigenvalue weighted by Gasteiger charge is -2.14. The molecule has 3 heteroatoms. The van der Waals surface area contributed by atoms with Crippen LogP contribution in [0.5, 0.6) is 0 Å². The molecule has 0 saturated carbocycles. The topological polar surface area (TPSA) is 24.9 Å². The van der Waals surface area contributed by atoms with Gasteiger partial charge in [-0.05, 0) is 5.56 Å². The largest absolute Gasteiger partial charge is 0.312 e. The summed E-state index contributed by atoms with van der Waals surface area (Å²) in [4.78, 5) is 4.70. The number of nitrogens with zero attached hydrogens (tertiary/aromatic N) is 1. The first kappa shape index (κ1) is 14.2. The maximum Gasteiger partial charge on any atom is 0.0941 e. The summed E-state index contributed by atoms with van der Waals surface area (Å²) in [5, 5.41) is 6.88. The summed E-state index contributed by atoms with van der Waals surface area (Å²) in [7, 11) is 0. The molecular weight excluding hydrogens is 252 g/mol. The summed E-state index contributed by atoms with van der Waals surface area (Å²) in [6.07, 6.45) is 1.01. The Balaban J connectivity index is 1.76. The second-order valence-corrected chi connectivity index (χ2v) is 6.73. The molecule has 0 saturated heterocycles. The average molecular weight is 274 g/mol. The molecular formula is C16H22N2S. The molecule has 19 heavy (non-hydrogen) atoms. The fourth-order valence-electron chi connectivity index (χ4n) is 1.79. The molecule has 0 bridgehead atoms. The number of aromatic nitrogens is 1. The van der Waals surface area contributed by atoms with Gasteiger partial charge in [-0.3, -0.25) is 0 Å². The Morgan fingerprint density at radius 1 is 1.16 bits per heavy atom. The molecule has 0 atom stereocenters. The molecule has 2 nitrogen and oxygen atoms in total. The van der Waals surface area contributed by atoms with Crippen LogP contribution in [0.4, 0.5) is 0 Å². The van der Waals surface area contributed by atoms with Crippen LogP contribution in [0.1, 0.15) is 37.0 Å². The normalized spacial score (nSPS) is 11.7. The maximum atomic E-state index is 4.70. The summed E-state index contributed by atoms with van der Waals surface area (Å²) >= 11 is 1.77. The lowest BCUT2D eigenvalue weighted by Crippen LogP contribution is -2.17. The van der Waals surface area contributed by atoms with E-state index in [0.717, 1.165) is 19.5 Å². The monoisotopic (exact) mass is 274 g/mol. The molecule has 1 N–H and O–H groups in total. The van der Waals surface area contributed by atoms with Crippen LogP contribution in [0.25, 0.3) is 0 Å². The van der Waals surface area contributed by atoms with E-state index in [9.17, 15) is 0 Å². The minimum absolute atomic E-state index is 0.159. The lowest BCUT2D eigenvalue weighted by molar-refractivity contribution is 0.569. The Morgan fingerprint density at radius 2 is 1.89 bits per heavy atom. The molecule has 0 unspecified atom stereocenters. The number of hydrogen-bond donors (Lipinski definition) is 1. The zero-order chi connectivity index (χ0) is 13.7. The van der Waals surface area contributed by atoms with Crippen LogP contribution in [0.2, 0.25) is 0 Å². The fourth-order valence-corrected chi connectivity index (χ4v) is 2.82. The van der Waals surface area contributed by atoms with Crippen LogP contribution >= 0.6 is 11.3 Å². The van der Waals surface area contributed by atoms with E-state index in [1.807, 2.05) is 6.07 Å². The Labute approximate surface area is 119 Å². The van der Waals surface area contributed by atoms with Crippen molar-refractivity contribution < 1.29 is 0 Å². The van der Waals surface area contributed by atoms with Crippen LogP contribution in [-0.4, -0.2) is 11.5 Å². The molecule has 2 aromatic rings. The molecule has 2 rings (SSSR count). The maximum absolute atomic E-state index is 4.70. The third-order valence-corrected chi connectivity index (χ3v) is 3.92. The third-order valence-electron chi connectivity index (χ3n) is 3.01. The second kappa shape index (κ2) is 6.31. The average Bonchev–Trinajstić information content (AvgIpc) is 2.85. The van der Waals surface area contributed by atoms with Gasteiger partial charge in [0, 0.05) is 30.3 Å². The van der Waals surface area contributed by atoms with E-state index in [2.05, 4.69) is 55.7 Å². The zero-order valence-electron chi connectivity index (χ0n) is 11.9. The highest BCUT2D eigenvalue weighted by Crippen LogP contribution is 2.23. The number of thiazole rings is 1. The van der Waals surface area contributed by atoms with Crippen molar-refractivity contribution in [1.29, 1.82) is 0 Å². The lowest BCUT2D eigenvalue weighted by atomic mass is 9.93. The molecule has 0 spiro atoms. The Bertz CT molecular complexity index is 497. The van der Waals surface area contributed by atoms with Gasteiger partial charge < -0.3 is 5.32 Å². The van der Waals surface area contributed by atoms with Gasteiger partial charge in [0.15, 0.2) is 0 Å². The molecule has 1 heterocycles. The quantitative estimate of drug-likeness (QED) is 0.839. The molecule has 0 aliphatic carbocycles. The zero-order valence-corrected chi connectivity index (χ0v) is 12.8. The van der Waals surface area contributed by atoms with Crippen molar-refractivity contribution in [2.45, 2.75) is 39.2 Å². The minimum atomic E-state index is 0.159. The van der Waals surface area contributed by atoms with E-state index in [1.165, 1.54) is 16.3 Å². The van der Waals surface area contributed by atoms with Crippen molar-refractivity contribution in [1.82, 2.24) is 10.3 Å². The fraction of sp³-hybridized carbons (Fsp3) is 0.438. The summed E-state index contributed by atoms with van der Waals surface area (Å²) in [6.45, 7) is 8.53. The number of benzene rings is 1. The number of rotatable bonds is 5. The summed E-state index contributed by atoms with van der Waals surface area (Å²) in [5.41, 5.74) is 2.69. The van der Waals surface area contributed by atoms with Crippen LogP contribution in [0.15, 0.2) is 35.7 Å². The first-order valence-corrected chi connectivity index (χ1v) is 7.63. The highest BCUT2D eigenvalue weighted by Gasteiger charge is 2.16. The van der Waals surface area contributed by atoms with Crippen LogP contribution in [0.3, 0.4) is 0 Å². The Morgan fingerprint density at radius 3 is 2.53 bits per heavy atom. The molecule has 0 aliphatic rings. The summed E-state index contributed by atoms with van der Waals surface area (Å²) < 4.78 is 0. The standard InChI is InChI=1S/C16H22N2S/c1-16(2,3)14-12-19-15(18-14)9-10-17-11-13-7-5-4-6-8-13/h4-8,12,17H,9-11H2,1-3H3. The molecule has 0 amide bonds. The first-order valence-electron chi connectivity index (χ1n) is 6.75. The van der Waals surface area contributed by atoms with Gasteiger partial charge in [0.1, 0.15) is 0 Å². The first-order chi connectivity index (χ1) is 9.05. The van der Waals surface area contributed by atoms with E-state index >= 15 is 0 Å². The van der Waals surface area contributed by atoms with E-state index in [4.69, 9.17) is 4.98 Å². The van der Waals surface area contributed by atoms with Crippen molar-refractivity contribution in [3.63, 3.8) is 0 Å². The minimum Gasteiger partial charge on any atom is -0.312 e. The van der Waals surface area contributed by atoms with Crippen molar-refractivity contribution in [3.8, 4) is 0 Å². The van der Waals surface area contributed by atoms with Gasteiger partial charge in [0.25, 0.3) is 0 Å². The molecule has 0 aliphatic heterocycles. The van der Waals surface area contributed by atoms with Gasteiger partial charge in [0.05, 0.1) is 10.7 Å². The van der Waals surface area contributed by atoms with Gasteiger partial charge in [-0.15, -0.1) is 11.3 Å². The highest BCUT2D eigenvalue weighted by molar-refractivity contribution is 7.09. The van der Waals surface area contributed by atoms with E-state index < -0.39 is 0 Å². The Hall–Kier alpha value is -1.19. The predicted molar refractivity (Wildman–Crippen MR) is 82.7 cm³/mol. The molecule has 1 aromatic carbocycles. The van der Waals surface area contributed by atoms with Gasteiger partial charge in [0.2, 0.25) is 0 Å². The highest BCUT2D eigenvalue weighted by atomic mass is 32.1. The van der Waals surface area contributed by atoms with Crippen molar-refractivity contribution >= 4 is 11.3 Å². The molecule has 102 valence electrons. The van der Waals surface area contributed by atoms with E-state index in [-0.39, 0.29) is 5.41 Å². The number of nitrogens with one attached hydrogen (secondary N) is 1. The SMILES string of the molecule is CC(C)(C)c1csc(CCNCc2ccccc2)n1. The Kier molecular flexibility index (Phi) is 4.72. The van der Waals surface area contributed by atoms with Crippen LogP contribution < -0.4 is 5.32 Å². The van der Waals surface area contributed by atoms with E-state index in [1.54, 1.807) is 11.3 Å². The van der Waals surface area contributed by atoms with Gasteiger partial charge in [-0.2, -0.15) is 0 Å². The number of hydrogen-bond acceptors (Lipinski definition) is 3. The predicted octanol–water partition coefficient (Wildman–Crippen LogP) is 3.77. The second-order valence-electron chi connectivity index (χ2n) is 5.79. The van der Waals surface area contributed by atoms with Crippen molar-refractivity contribution in [2.24, 2.45) is 0 Å². The van der Waals surface area contributed by atoms with Crippen LogP contribution in [0, 0.1) is 0 Å². The van der Waals surface area contributed by atoms with Crippen molar-refractivity contribution in [3.05, 3.63) is 52.0 Å². The molecule has 0 radical (unpaired) electrons. The van der Waals surface area contributed by atoms with Gasteiger partial charge >= 0.3 is 0 Å². The third kappa shape index (κ3) is 4.44. The molecule has 1 aromatic heterocycles. The van der Waals surface area contributed by atoms with E-state index in [0.29, 0.717) is 0 Å². The van der Waals surface area contributed by atoms with Gasteiger partial charge in [-0.25, -0.2) is 4.98 Å². The molecule has 0 fully saturated rings. The smallest absolute Gasteiger partial charge is 0.0941 e.